The molecule has 1 amide bonds. The summed E-state index contributed by atoms with van der Waals surface area (Å²) in [6.07, 6.45) is 3.61. The third-order valence-corrected chi connectivity index (χ3v) is 3.75. The topological polar surface area (TPSA) is 110 Å². The van der Waals surface area contributed by atoms with Crippen LogP contribution in [0, 0.1) is 5.82 Å². The average Bonchev–Trinajstić information content (AvgIpc) is 2.89. The van der Waals surface area contributed by atoms with Crippen LogP contribution in [0.3, 0.4) is 0 Å². The summed E-state index contributed by atoms with van der Waals surface area (Å²) in [5.74, 6) is -2.47. The maximum absolute atomic E-state index is 14.2. The van der Waals surface area contributed by atoms with Crippen LogP contribution in [-0.4, -0.2) is 29.6 Å². The van der Waals surface area contributed by atoms with E-state index in [1.807, 2.05) is 0 Å². The van der Waals surface area contributed by atoms with Gasteiger partial charge >= 0.3 is 5.97 Å². The molecular weight excluding hydrogens is 277 g/mol. The molecule has 0 heterocycles. The Hall–Kier alpha value is -2.31. The monoisotopic (exact) mass is 295 g/mol. The zero-order valence-electron chi connectivity index (χ0n) is 11.5. The number of nitrogens with two attached hydrogens (primary N) is 2. The maximum atomic E-state index is 14.2. The summed E-state index contributed by atoms with van der Waals surface area (Å²) in [6, 6.07) is 2.13. The van der Waals surface area contributed by atoms with Crippen LogP contribution in [0.5, 0.6) is 0 Å². The summed E-state index contributed by atoms with van der Waals surface area (Å²) in [7, 11) is 0. The van der Waals surface area contributed by atoms with Crippen molar-refractivity contribution >= 4 is 23.3 Å². The lowest BCUT2D eigenvalue weighted by Crippen LogP contribution is -2.40. The van der Waals surface area contributed by atoms with E-state index in [2.05, 4.69) is 0 Å². The number of halogens is 1. The minimum Gasteiger partial charge on any atom is -0.478 e. The number of primary amides is 1. The van der Waals surface area contributed by atoms with E-state index in [1.165, 1.54) is 6.07 Å². The number of hydrogen-bond donors (Lipinski definition) is 3. The van der Waals surface area contributed by atoms with Crippen molar-refractivity contribution < 1.29 is 19.1 Å². The quantitative estimate of drug-likeness (QED) is 0.710. The van der Waals surface area contributed by atoms with E-state index >= 15 is 0 Å². The molecule has 1 fully saturated rings. The number of hydrogen-bond acceptors (Lipinski definition) is 4. The van der Waals surface area contributed by atoms with E-state index in [0.717, 1.165) is 31.7 Å². The molecule has 6 nitrogen and oxygen atoms in total. The Balaban J connectivity index is 2.45. The SMILES string of the molecule is NC(=O)CN(c1cc(C(=O)O)c(N)cc1F)C1CCCC1. The maximum Gasteiger partial charge on any atom is 0.337 e. The zero-order chi connectivity index (χ0) is 15.6. The number of nitrogen functional groups attached to an aromatic ring is 1. The van der Waals surface area contributed by atoms with Crippen molar-refractivity contribution in [1.82, 2.24) is 0 Å². The van der Waals surface area contributed by atoms with Crippen molar-refractivity contribution in [2.75, 3.05) is 17.2 Å². The molecule has 2 rings (SSSR count). The van der Waals surface area contributed by atoms with E-state index in [4.69, 9.17) is 16.6 Å². The van der Waals surface area contributed by atoms with Gasteiger partial charge in [0.2, 0.25) is 5.91 Å². The van der Waals surface area contributed by atoms with Crippen LogP contribution >= 0.6 is 0 Å². The predicted octanol–water partition coefficient (Wildman–Crippen LogP) is 1.34. The van der Waals surface area contributed by atoms with Crippen LogP contribution in [0.4, 0.5) is 15.8 Å². The highest BCUT2D eigenvalue weighted by Crippen LogP contribution is 2.32. The Morgan fingerprint density at radius 1 is 1.33 bits per heavy atom. The molecule has 0 bridgehead atoms. The number of rotatable bonds is 5. The molecule has 0 saturated heterocycles. The van der Waals surface area contributed by atoms with Crippen molar-refractivity contribution in [3.8, 4) is 0 Å². The third kappa shape index (κ3) is 3.24. The number of carbonyl (C=O) groups is 2. The van der Waals surface area contributed by atoms with E-state index in [0.29, 0.717) is 0 Å². The fraction of sp³-hybridized carbons (Fsp3) is 0.429. The van der Waals surface area contributed by atoms with Crippen molar-refractivity contribution in [2.45, 2.75) is 31.7 Å². The third-order valence-electron chi connectivity index (χ3n) is 3.75. The van der Waals surface area contributed by atoms with Gasteiger partial charge < -0.3 is 21.5 Å². The van der Waals surface area contributed by atoms with Crippen molar-refractivity contribution in [2.24, 2.45) is 5.73 Å². The van der Waals surface area contributed by atoms with Gasteiger partial charge in [0.1, 0.15) is 5.82 Å². The molecule has 1 saturated carbocycles. The van der Waals surface area contributed by atoms with Gasteiger partial charge in [0.15, 0.2) is 0 Å². The Kier molecular flexibility index (Phi) is 4.30. The molecule has 1 aliphatic rings. The molecular formula is C14H18FN3O3. The lowest BCUT2D eigenvalue weighted by atomic mass is 10.1. The van der Waals surface area contributed by atoms with E-state index in [-0.39, 0.29) is 29.5 Å². The molecule has 7 heteroatoms. The Labute approximate surface area is 121 Å². The smallest absolute Gasteiger partial charge is 0.337 e. The van der Waals surface area contributed by atoms with E-state index in [9.17, 15) is 14.0 Å². The van der Waals surface area contributed by atoms with Gasteiger partial charge in [-0.2, -0.15) is 0 Å². The second-order valence-electron chi connectivity index (χ2n) is 5.23. The average molecular weight is 295 g/mol. The van der Waals surface area contributed by atoms with Crippen molar-refractivity contribution in [3.63, 3.8) is 0 Å². The molecule has 114 valence electrons. The van der Waals surface area contributed by atoms with Gasteiger partial charge in [-0.05, 0) is 25.0 Å². The normalized spacial score (nSPS) is 15.1. The Morgan fingerprint density at radius 3 is 2.48 bits per heavy atom. The van der Waals surface area contributed by atoms with Crippen molar-refractivity contribution in [1.29, 1.82) is 0 Å². The molecule has 1 aromatic carbocycles. The van der Waals surface area contributed by atoms with Gasteiger partial charge in [0.25, 0.3) is 0 Å². The first-order valence-electron chi connectivity index (χ1n) is 6.77. The van der Waals surface area contributed by atoms with Crippen molar-refractivity contribution in [3.05, 3.63) is 23.5 Å². The number of carboxylic acids is 1. The number of carboxylic acid groups (broad SMARTS) is 1. The van der Waals surface area contributed by atoms with Gasteiger partial charge in [-0.25, -0.2) is 9.18 Å². The second-order valence-corrected chi connectivity index (χ2v) is 5.23. The highest BCUT2D eigenvalue weighted by molar-refractivity contribution is 5.95. The van der Waals surface area contributed by atoms with Gasteiger partial charge in [-0.15, -0.1) is 0 Å². The minimum atomic E-state index is -1.24. The van der Waals surface area contributed by atoms with Gasteiger partial charge in [0.05, 0.1) is 17.8 Å². The van der Waals surface area contributed by atoms with Crippen LogP contribution in [0.2, 0.25) is 0 Å². The molecule has 5 N–H and O–H groups in total. The number of nitrogens with zero attached hydrogens (tertiary/aromatic N) is 1. The molecule has 1 aliphatic carbocycles. The number of aromatic carboxylic acids is 1. The van der Waals surface area contributed by atoms with E-state index < -0.39 is 17.7 Å². The Bertz CT molecular complexity index is 571. The first kappa shape index (κ1) is 15.1. The molecule has 0 atom stereocenters. The number of carbonyl (C=O) groups excluding carboxylic acids is 1. The van der Waals surface area contributed by atoms with E-state index in [1.54, 1.807) is 4.90 Å². The molecule has 0 aliphatic heterocycles. The van der Waals surface area contributed by atoms with Crippen LogP contribution in [-0.2, 0) is 4.79 Å². The van der Waals surface area contributed by atoms with Gasteiger partial charge in [-0.1, -0.05) is 12.8 Å². The standard InChI is InChI=1S/C14H18FN3O3/c15-10-6-11(16)9(14(20)21)5-12(10)18(7-13(17)19)8-3-1-2-4-8/h5-6,8H,1-4,7,16H2,(H2,17,19)(H,20,21). The molecule has 0 spiro atoms. The highest BCUT2D eigenvalue weighted by atomic mass is 19.1. The second kappa shape index (κ2) is 5.99. The molecule has 21 heavy (non-hydrogen) atoms. The van der Waals surface area contributed by atoms with Crippen LogP contribution in [0.25, 0.3) is 0 Å². The van der Waals surface area contributed by atoms with Crippen LogP contribution in [0.15, 0.2) is 12.1 Å². The molecule has 0 aromatic heterocycles. The molecule has 0 unspecified atom stereocenters. The number of anilines is 2. The summed E-state index contributed by atoms with van der Waals surface area (Å²) < 4.78 is 14.2. The first-order chi connectivity index (χ1) is 9.90. The predicted molar refractivity (Wildman–Crippen MR) is 76.6 cm³/mol. The summed E-state index contributed by atoms with van der Waals surface area (Å²) in [5, 5.41) is 9.10. The number of benzene rings is 1. The summed E-state index contributed by atoms with van der Waals surface area (Å²) >= 11 is 0. The Morgan fingerprint density at radius 2 is 1.95 bits per heavy atom. The lowest BCUT2D eigenvalue weighted by molar-refractivity contribution is -0.116. The van der Waals surface area contributed by atoms with Gasteiger partial charge in [-0.3, -0.25) is 4.79 Å². The zero-order valence-corrected chi connectivity index (χ0v) is 11.5. The van der Waals surface area contributed by atoms with Crippen LogP contribution in [0.1, 0.15) is 36.0 Å². The minimum absolute atomic E-state index is 0.0164. The summed E-state index contributed by atoms with van der Waals surface area (Å²) in [5.41, 5.74) is 10.5. The fourth-order valence-corrected chi connectivity index (χ4v) is 2.78. The largest absolute Gasteiger partial charge is 0.478 e. The fourth-order valence-electron chi connectivity index (χ4n) is 2.78. The van der Waals surface area contributed by atoms with Gasteiger partial charge in [0, 0.05) is 11.7 Å². The number of amides is 1. The molecule has 0 radical (unpaired) electrons. The summed E-state index contributed by atoms with van der Waals surface area (Å²) in [4.78, 5) is 23.9. The highest BCUT2D eigenvalue weighted by Gasteiger charge is 2.27. The molecule has 1 aromatic rings. The van der Waals surface area contributed by atoms with Crippen LogP contribution < -0.4 is 16.4 Å². The lowest BCUT2D eigenvalue weighted by Gasteiger charge is -2.30. The first-order valence-corrected chi connectivity index (χ1v) is 6.77. The summed E-state index contributed by atoms with van der Waals surface area (Å²) in [6.45, 7) is -0.148.